The van der Waals surface area contributed by atoms with Gasteiger partial charge in [-0.3, -0.25) is 4.98 Å². The molecule has 0 atom stereocenters. The second-order valence-corrected chi connectivity index (χ2v) is 4.58. The third kappa shape index (κ3) is 3.26. The van der Waals surface area contributed by atoms with Crippen molar-refractivity contribution in [1.82, 2.24) is 15.0 Å². The molecule has 0 aliphatic carbocycles. The van der Waals surface area contributed by atoms with Crippen LogP contribution in [0.3, 0.4) is 0 Å². The molecule has 0 fully saturated rings. The van der Waals surface area contributed by atoms with E-state index in [2.05, 4.69) is 34.1 Å². The first kappa shape index (κ1) is 12.5. The Labute approximate surface area is 108 Å². The van der Waals surface area contributed by atoms with Gasteiger partial charge in [0.1, 0.15) is 11.6 Å². The first-order chi connectivity index (χ1) is 8.65. The second kappa shape index (κ2) is 5.58. The summed E-state index contributed by atoms with van der Waals surface area (Å²) in [7, 11) is 0. The second-order valence-electron chi connectivity index (χ2n) is 4.58. The van der Waals surface area contributed by atoms with Gasteiger partial charge in [-0.05, 0) is 19.1 Å². The molecule has 1 N–H and O–H groups in total. The topological polar surface area (TPSA) is 50.7 Å². The van der Waals surface area contributed by atoms with Crippen LogP contribution in [0.4, 0.5) is 5.82 Å². The van der Waals surface area contributed by atoms with E-state index in [-0.39, 0.29) is 0 Å². The number of rotatable bonds is 4. The van der Waals surface area contributed by atoms with Gasteiger partial charge in [-0.1, -0.05) is 19.9 Å². The van der Waals surface area contributed by atoms with Gasteiger partial charge in [-0.25, -0.2) is 9.97 Å². The lowest BCUT2D eigenvalue weighted by Gasteiger charge is -2.09. The van der Waals surface area contributed by atoms with E-state index in [0.717, 1.165) is 23.0 Å². The molecule has 4 nitrogen and oxygen atoms in total. The quantitative estimate of drug-likeness (QED) is 0.895. The maximum atomic E-state index is 4.50. The van der Waals surface area contributed by atoms with Crippen LogP contribution in [-0.4, -0.2) is 15.0 Å². The summed E-state index contributed by atoms with van der Waals surface area (Å²) in [6, 6.07) is 7.84. The summed E-state index contributed by atoms with van der Waals surface area (Å²) in [5.41, 5.74) is 1.98. The van der Waals surface area contributed by atoms with Crippen LogP contribution in [0.15, 0.2) is 30.5 Å². The van der Waals surface area contributed by atoms with Crippen LogP contribution in [0.2, 0.25) is 0 Å². The zero-order valence-electron chi connectivity index (χ0n) is 11.0. The van der Waals surface area contributed by atoms with Crippen molar-refractivity contribution in [3.8, 4) is 0 Å². The van der Waals surface area contributed by atoms with E-state index >= 15 is 0 Å². The molecule has 0 saturated heterocycles. The number of hydrogen-bond acceptors (Lipinski definition) is 4. The summed E-state index contributed by atoms with van der Waals surface area (Å²) in [5.74, 6) is 2.07. The maximum absolute atomic E-state index is 4.50. The molecule has 18 heavy (non-hydrogen) atoms. The van der Waals surface area contributed by atoms with E-state index < -0.39 is 0 Å². The minimum absolute atomic E-state index is 0.334. The Kier molecular flexibility index (Phi) is 3.87. The summed E-state index contributed by atoms with van der Waals surface area (Å²) in [5, 5.41) is 3.28. The fourth-order valence-electron chi connectivity index (χ4n) is 1.62. The Balaban J connectivity index is 2.10. The molecule has 0 radical (unpaired) electrons. The maximum Gasteiger partial charge on any atom is 0.133 e. The minimum Gasteiger partial charge on any atom is -0.364 e. The van der Waals surface area contributed by atoms with Gasteiger partial charge >= 0.3 is 0 Å². The fraction of sp³-hybridized carbons (Fsp3) is 0.357. The highest BCUT2D eigenvalue weighted by Gasteiger charge is 2.06. The Hall–Kier alpha value is -1.97. The van der Waals surface area contributed by atoms with Gasteiger partial charge < -0.3 is 5.32 Å². The van der Waals surface area contributed by atoms with Crippen LogP contribution < -0.4 is 5.32 Å². The number of nitrogens with zero attached hydrogens (tertiary/aromatic N) is 3. The van der Waals surface area contributed by atoms with E-state index in [4.69, 9.17) is 0 Å². The molecule has 2 aromatic rings. The summed E-state index contributed by atoms with van der Waals surface area (Å²) in [4.78, 5) is 13.2. The Bertz CT molecular complexity index is 508. The lowest BCUT2D eigenvalue weighted by Crippen LogP contribution is -2.07. The number of aromatic nitrogens is 3. The molecule has 4 heteroatoms. The molecule has 0 unspecified atom stereocenters. The molecule has 0 spiro atoms. The van der Waals surface area contributed by atoms with Gasteiger partial charge in [0.05, 0.1) is 12.2 Å². The smallest absolute Gasteiger partial charge is 0.133 e. The van der Waals surface area contributed by atoms with Gasteiger partial charge in [0, 0.05) is 23.9 Å². The molecule has 94 valence electrons. The Morgan fingerprint density at radius 2 is 2.06 bits per heavy atom. The molecular weight excluding hydrogens is 224 g/mol. The van der Waals surface area contributed by atoms with Gasteiger partial charge in [-0.2, -0.15) is 0 Å². The van der Waals surface area contributed by atoms with Crippen LogP contribution in [0, 0.1) is 6.92 Å². The highest BCUT2D eigenvalue weighted by atomic mass is 15.0. The predicted molar refractivity (Wildman–Crippen MR) is 72.4 cm³/mol. The van der Waals surface area contributed by atoms with Crippen molar-refractivity contribution in [2.24, 2.45) is 0 Å². The zero-order chi connectivity index (χ0) is 13.0. The number of aryl methyl sites for hydroxylation is 1. The first-order valence-corrected chi connectivity index (χ1v) is 6.14. The highest BCUT2D eigenvalue weighted by Crippen LogP contribution is 2.14. The van der Waals surface area contributed by atoms with Crippen LogP contribution in [0.5, 0.6) is 0 Å². The van der Waals surface area contributed by atoms with Gasteiger partial charge in [0.25, 0.3) is 0 Å². The van der Waals surface area contributed by atoms with Crippen LogP contribution in [0.1, 0.15) is 37.0 Å². The van der Waals surface area contributed by atoms with E-state index in [9.17, 15) is 0 Å². The molecule has 0 bridgehead atoms. The lowest BCUT2D eigenvalue weighted by molar-refractivity contribution is 0.766. The summed E-state index contributed by atoms with van der Waals surface area (Å²) in [6.45, 7) is 6.85. The predicted octanol–water partition coefficient (Wildman–Crippen LogP) is 2.92. The van der Waals surface area contributed by atoms with E-state index in [1.165, 1.54) is 0 Å². The first-order valence-electron chi connectivity index (χ1n) is 6.14. The van der Waals surface area contributed by atoms with Crippen LogP contribution >= 0.6 is 0 Å². The fourth-order valence-corrected chi connectivity index (χ4v) is 1.62. The molecule has 0 aromatic carbocycles. The number of pyridine rings is 1. The van der Waals surface area contributed by atoms with Crippen LogP contribution in [-0.2, 0) is 6.54 Å². The molecule has 0 amide bonds. The average Bonchev–Trinajstić information content (AvgIpc) is 2.37. The van der Waals surface area contributed by atoms with Gasteiger partial charge in [-0.15, -0.1) is 0 Å². The SMILES string of the molecule is Cc1cc(NCc2ccccn2)nc(C(C)C)n1. The third-order valence-electron chi connectivity index (χ3n) is 2.56. The lowest BCUT2D eigenvalue weighted by atomic mass is 10.2. The van der Waals surface area contributed by atoms with Crippen molar-refractivity contribution in [3.63, 3.8) is 0 Å². The molecule has 2 rings (SSSR count). The van der Waals surface area contributed by atoms with Crippen molar-refractivity contribution in [2.75, 3.05) is 5.32 Å². The van der Waals surface area contributed by atoms with Crippen LogP contribution in [0.25, 0.3) is 0 Å². The van der Waals surface area contributed by atoms with Crippen molar-refractivity contribution in [2.45, 2.75) is 33.2 Å². The van der Waals surface area contributed by atoms with Crippen molar-refractivity contribution >= 4 is 5.82 Å². The summed E-state index contributed by atoms with van der Waals surface area (Å²) >= 11 is 0. The average molecular weight is 242 g/mol. The minimum atomic E-state index is 0.334. The standard InChI is InChI=1S/C14H18N4/c1-10(2)14-17-11(3)8-13(18-14)16-9-12-6-4-5-7-15-12/h4-8,10H,9H2,1-3H3,(H,16,17,18). The Morgan fingerprint density at radius 3 is 2.72 bits per heavy atom. The number of anilines is 1. The Morgan fingerprint density at radius 1 is 1.22 bits per heavy atom. The van der Waals surface area contributed by atoms with E-state index in [1.54, 1.807) is 6.20 Å². The van der Waals surface area contributed by atoms with Gasteiger partial charge in [0.2, 0.25) is 0 Å². The van der Waals surface area contributed by atoms with Crippen molar-refractivity contribution < 1.29 is 0 Å². The number of nitrogens with one attached hydrogen (secondary N) is 1. The van der Waals surface area contributed by atoms with Crippen molar-refractivity contribution in [3.05, 3.63) is 47.7 Å². The van der Waals surface area contributed by atoms with Crippen molar-refractivity contribution in [1.29, 1.82) is 0 Å². The third-order valence-corrected chi connectivity index (χ3v) is 2.56. The normalized spacial score (nSPS) is 10.7. The molecule has 0 aliphatic heterocycles. The molecule has 0 saturated carbocycles. The highest BCUT2D eigenvalue weighted by molar-refractivity contribution is 5.36. The molecule has 0 aliphatic rings. The summed E-state index contributed by atoms with van der Waals surface area (Å²) in [6.07, 6.45) is 1.79. The molecule has 2 aromatic heterocycles. The number of hydrogen-bond donors (Lipinski definition) is 1. The largest absolute Gasteiger partial charge is 0.364 e. The van der Waals surface area contributed by atoms with Gasteiger partial charge in [0.15, 0.2) is 0 Å². The van der Waals surface area contributed by atoms with E-state index in [0.29, 0.717) is 12.5 Å². The molecule has 2 heterocycles. The summed E-state index contributed by atoms with van der Waals surface area (Å²) < 4.78 is 0. The zero-order valence-corrected chi connectivity index (χ0v) is 11.0. The molecular formula is C14H18N4. The van der Waals surface area contributed by atoms with E-state index in [1.807, 2.05) is 31.2 Å². The monoisotopic (exact) mass is 242 g/mol.